The fraction of sp³-hybridized carbons (Fsp3) is 0.267. The maximum Gasteiger partial charge on any atom is 0.338 e. The summed E-state index contributed by atoms with van der Waals surface area (Å²) in [5, 5.41) is 12.0. The molecular weight excluding hydrogens is 242 g/mol. The minimum atomic E-state index is -0.973. The molecule has 0 aliphatic heterocycles. The zero-order valence-corrected chi connectivity index (χ0v) is 10.8. The number of aryl methyl sites for hydroxylation is 1. The van der Waals surface area contributed by atoms with E-state index in [1.807, 2.05) is 12.1 Å². The average Bonchev–Trinajstić information content (AvgIpc) is 2.87. The van der Waals surface area contributed by atoms with Gasteiger partial charge in [-0.25, -0.2) is 4.79 Å². The van der Waals surface area contributed by atoms with E-state index in [-0.39, 0.29) is 5.56 Å². The zero-order valence-electron chi connectivity index (χ0n) is 10.8. The summed E-state index contributed by atoms with van der Waals surface area (Å²) >= 11 is 0. The summed E-state index contributed by atoms with van der Waals surface area (Å²) in [6, 6.07) is 9.76. The van der Waals surface area contributed by atoms with Crippen LogP contribution in [0.2, 0.25) is 0 Å². The maximum absolute atomic E-state index is 10.7. The van der Waals surface area contributed by atoms with Crippen molar-refractivity contribution in [1.82, 2.24) is 0 Å². The summed E-state index contributed by atoms with van der Waals surface area (Å²) in [6.45, 7) is 2.63. The van der Waals surface area contributed by atoms with Crippen LogP contribution in [0.4, 0.5) is 5.69 Å². The molecule has 0 unspecified atom stereocenters. The molecule has 0 radical (unpaired) electrons. The average molecular weight is 259 g/mol. The Bertz CT molecular complexity index is 543. The maximum atomic E-state index is 10.7. The molecule has 0 spiro atoms. The molecule has 19 heavy (non-hydrogen) atoms. The summed E-state index contributed by atoms with van der Waals surface area (Å²) in [5.74, 6) is -0.367. The van der Waals surface area contributed by atoms with Crippen LogP contribution in [0, 0.1) is 0 Å². The van der Waals surface area contributed by atoms with Crippen molar-refractivity contribution in [3.8, 4) is 0 Å². The number of nitrogens with one attached hydrogen (secondary N) is 1. The van der Waals surface area contributed by atoms with Crippen LogP contribution in [0.15, 0.2) is 41.0 Å². The first-order valence-electron chi connectivity index (χ1n) is 6.32. The lowest BCUT2D eigenvalue weighted by Gasteiger charge is -2.05. The molecule has 1 aromatic carbocycles. The highest BCUT2D eigenvalue weighted by Crippen LogP contribution is 2.14. The van der Waals surface area contributed by atoms with E-state index in [9.17, 15) is 4.79 Å². The highest BCUT2D eigenvalue weighted by molar-refractivity contribution is 5.87. The largest absolute Gasteiger partial charge is 0.478 e. The predicted molar refractivity (Wildman–Crippen MR) is 73.4 cm³/mol. The van der Waals surface area contributed by atoms with Gasteiger partial charge in [-0.2, -0.15) is 0 Å². The van der Waals surface area contributed by atoms with Crippen molar-refractivity contribution in [3.05, 3.63) is 53.5 Å². The molecule has 1 heterocycles. The second-order valence-corrected chi connectivity index (χ2v) is 4.41. The molecule has 0 atom stereocenters. The molecule has 2 aromatic rings. The molecule has 0 bridgehead atoms. The number of carbonyl (C=O) groups is 1. The van der Waals surface area contributed by atoms with Gasteiger partial charge in [0.15, 0.2) is 0 Å². The van der Waals surface area contributed by atoms with Gasteiger partial charge in [-0.3, -0.25) is 0 Å². The first-order chi connectivity index (χ1) is 9.19. The third-order valence-corrected chi connectivity index (χ3v) is 2.86. The lowest BCUT2D eigenvalue weighted by molar-refractivity contribution is 0.0696. The van der Waals surface area contributed by atoms with Gasteiger partial charge in [0.25, 0.3) is 0 Å². The lowest BCUT2D eigenvalue weighted by atomic mass is 10.1. The molecule has 0 amide bonds. The van der Waals surface area contributed by atoms with Gasteiger partial charge in [-0.15, -0.1) is 0 Å². The van der Waals surface area contributed by atoms with Crippen LogP contribution in [0.1, 0.15) is 35.0 Å². The van der Waals surface area contributed by atoms with Crippen molar-refractivity contribution in [2.24, 2.45) is 0 Å². The summed E-state index contributed by atoms with van der Waals surface area (Å²) in [5.41, 5.74) is 2.49. The Labute approximate surface area is 112 Å². The number of hydrogen-bond donors (Lipinski definition) is 2. The van der Waals surface area contributed by atoms with E-state index >= 15 is 0 Å². The van der Waals surface area contributed by atoms with Gasteiger partial charge < -0.3 is 14.8 Å². The topological polar surface area (TPSA) is 62.5 Å². The van der Waals surface area contributed by atoms with Gasteiger partial charge >= 0.3 is 5.97 Å². The van der Waals surface area contributed by atoms with Gasteiger partial charge in [0.1, 0.15) is 12.0 Å². The highest BCUT2D eigenvalue weighted by Gasteiger charge is 2.07. The number of aromatic carboxylic acids is 1. The predicted octanol–water partition coefficient (Wildman–Crippen LogP) is 3.54. The van der Waals surface area contributed by atoms with Crippen LogP contribution in [0.3, 0.4) is 0 Å². The summed E-state index contributed by atoms with van der Waals surface area (Å²) in [7, 11) is 0. The third kappa shape index (κ3) is 3.61. The number of benzene rings is 1. The first kappa shape index (κ1) is 13.2. The van der Waals surface area contributed by atoms with Crippen LogP contribution >= 0.6 is 0 Å². The van der Waals surface area contributed by atoms with Gasteiger partial charge in [-0.1, -0.05) is 25.5 Å². The van der Waals surface area contributed by atoms with Crippen molar-refractivity contribution in [3.63, 3.8) is 0 Å². The van der Waals surface area contributed by atoms with E-state index in [1.54, 1.807) is 0 Å². The number of hydrogen-bond acceptors (Lipinski definition) is 3. The molecule has 0 aliphatic carbocycles. The Morgan fingerprint density at radius 2 is 2.05 bits per heavy atom. The third-order valence-electron chi connectivity index (χ3n) is 2.86. The number of furan rings is 1. The number of anilines is 1. The molecule has 0 aliphatic rings. The van der Waals surface area contributed by atoms with E-state index in [0.29, 0.717) is 12.3 Å². The summed E-state index contributed by atoms with van der Waals surface area (Å²) < 4.78 is 5.17. The standard InChI is InChI=1S/C15H17NO3/c1-2-3-11-4-6-13(7-5-11)16-9-14-8-12(10-19-14)15(17)18/h4-8,10,16H,2-3,9H2,1H3,(H,17,18). The molecule has 4 heteroatoms. The van der Waals surface area contributed by atoms with Crippen LogP contribution in [0.25, 0.3) is 0 Å². The Balaban J connectivity index is 1.92. The quantitative estimate of drug-likeness (QED) is 0.832. The zero-order chi connectivity index (χ0) is 13.7. The van der Waals surface area contributed by atoms with Gasteiger partial charge in [0.05, 0.1) is 12.1 Å². The minimum absolute atomic E-state index is 0.176. The van der Waals surface area contributed by atoms with Crippen LogP contribution in [-0.4, -0.2) is 11.1 Å². The molecule has 0 saturated heterocycles. The van der Waals surface area contributed by atoms with Crippen molar-refractivity contribution < 1.29 is 14.3 Å². The van der Waals surface area contributed by atoms with Crippen LogP contribution in [0.5, 0.6) is 0 Å². The molecular formula is C15H17NO3. The van der Waals surface area contributed by atoms with E-state index < -0.39 is 5.97 Å². The van der Waals surface area contributed by atoms with Crippen molar-refractivity contribution >= 4 is 11.7 Å². The molecule has 2 N–H and O–H groups in total. The van der Waals surface area contributed by atoms with Crippen LogP contribution < -0.4 is 5.32 Å². The van der Waals surface area contributed by atoms with E-state index in [0.717, 1.165) is 18.5 Å². The number of carboxylic acid groups (broad SMARTS) is 1. The highest BCUT2D eigenvalue weighted by atomic mass is 16.4. The second kappa shape index (κ2) is 6.09. The molecule has 0 saturated carbocycles. The molecule has 2 rings (SSSR count). The number of carboxylic acids is 1. The fourth-order valence-corrected chi connectivity index (χ4v) is 1.85. The molecule has 4 nitrogen and oxygen atoms in total. The lowest BCUT2D eigenvalue weighted by Crippen LogP contribution is -1.98. The molecule has 100 valence electrons. The first-order valence-corrected chi connectivity index (χ1v) is 6.32. The molecule has 0 fully saturated rings. The van der Waals surface area contributed by atoms with Gasteiger partial charge in [0, 0.05) is 5.69 Å². The normalized spacial score (nSPS) is 10.4. The monoisotopic (exact) mass is 259 g/mol. The molecule has 1 aromatic heterocycles. The Hall–Kier alpha value is -2.23. The Kier molecular flexibility index (Phi) is 4.23. The van der Waals surface area contributed by atoms with E-state index in [2.05, 4.69) is 24.4 Å². The summed E-state index contributed by atoms with van der Waals surface area (Å²) in [4.78, 5) is 10.7. The Morgan fingerprint density at radius 3 is 2.63 bits per heavy atom. The smallest absolute Gasteiger partial charge is 0.338 e. The second-order valence-electron chi connectivity index (χ2n) is 4.41. The van der Waals surface area contributed by atoms with Crippen molar-refractivity contribution in [2.45, 2.75) is 26.3 Å². The van der Waals surface area contributed by atoms with Crippen molar-refractivity contribution in [1.29, 1.82) is 0 Å². The van der Waals surface area contributed by atoms with E-state index in [1.165, 1.54) is 17.9 Å². The summed E-state index contributed by atoms with van der Waals surface area (Å²) in [6.07, 6.45) is 3.47. The fourth-order valence-electron chi connectivity index (χ4n) is 1.85. The Morgan fingerprint density at radius 1 is 1.32 bits per heavy atom. The minimum Gasteiger partial charge on any atom is -0.478 e. The van der Waals surface area contributed by atoms with Gasteiger partial charge in [0.2, 0.25) is 0 Å². The van der Waals surface area contributed by atoms with E-state index in [4.69, 9.17) is 9.52 Å². The van der Waals surface area contributed by atoms with Crippen LogP contribution in [-0.2, 0) is 13.0 Å². The number of rotatable bonds is 6. The SMILES string of the molecule is CCCc1ccc(NCc2cc(C(=O)O)co2)cc1. The van der Waals surface area contributed by atoms with Gasteiger partial charge in [-0.05, 0) is 30.2 Å². The van der Waals surface area contributed by atoms with Crippen molar-refractivity contribution in [2.75, 3.05) is 5.32 Å².